The Morgan fingerprint density at radius 2 is 1.83 bits per heavy atom. The number of rotatable bonds is 5. The molecule has 9 nitrogen and oxygen atoms in total. The minimum Gasteiger partial charge on any atom is -0.350 e. The number of imidazole rings is 1. The minimum atomic E-state index is -4.85. The van der Waals surface area contributed by atoms with Gasteiger partial charge in [0.2, 0.25) is 0 Å². The van der Waals surface area contributed by atoms with Gasteiger partial charge in [-0.3, -0.25) is 9.59 Å². The number of hydrogen-bond acceptors (Lipinski definition) is 5. The molecule has 0 aliphatic carbocycles. The highest BCUT2D eigenvalue weighted by atomic mass is 35.5. The molecular weight excluding hydrogens is 522 g/mol. The first-order chi connectivity index (χ1) is 16.9. The second-order valence-electron chi connectivity index (χ2n) is 8.05. The van der Waals surface area contributed by atoms with Gasteiger partial charge in [-0.2, -0.15) is 18.3 Å². The van der Waals surface area contributed by atoms with Crippen LogP contribution in [0.2, 0.25) is 10.0 Å². The van der Waals surface area contributed by atoms with Gasteiger partial charge >= 0.3 is 6.18 Å². The summed E-state index contributed by atoms with van der Waals surface area (Å²) in [6.07, 6.45) is -2.09. The number of benzene rings is 1. The highest BCUT2D eigenvalue weighted by molar-refractivity contribution is 6.39. The molecule has 3 aromatic heterocycles. The SMILES string of the molecule is CC(C)NC(=O)c1cc2ncn(C)c2c(Cl)c1NC(=O)c1cc(C(F)(F)F)nn1-c1ncccc1Cl. The van der Waals surface area contributed by atoms with Gasteiger partial charge in [-0.15, -0.1) is 0 Å². The topological polar surface area (TPSA) is 107 Å². The number of amides is 2. The highest BCUT2D eigenvalue weighted by Gasteiger charge is 2.37. The molecule has 4 rings (SSSR count). The number of fused-ring (bicyclic) bond motifs is 1. The fourth-order valence-corrected chi connectivity index (χ4v) is 4.04. The maximum absolute atomic E-state index is 13.5. The van der Waals surface area contributed by atoms with Gasteiger partial charge in [-0.1, -0.05) is 23.2 Å². The van der Waals surface area contributed by atoms with E-state index in [0.29, 0.717) is 21.8 Å². The second-order valence-corrected chi connectivity index (χ2v) is 8.84. The first-order valence-electron chi connectivity index (χ1n) is 10.4. The lowest BCUT2D eigenvalue weighted by Crippen LogP contribution is -2.31. The van der Waals surface area contributed by atoms with Crippen LogP contribution in [-0.2, 0) is 13.2 Å². The normalized spacial score (nSPS) is 11.8. The van der Waals surface area contributed by atoms with Crippen molar-refractivity contribution in [1.82, 2.24) is 29.6 Å². The third-order valence-electron chi connectivity index (χ3n) is 5.02. The van der Waals surface area contributed by atoms with Gasteiger partial charge in [0.1, 0.15) is 5.69 Å². The predicted octanol–water partition coefficient (Wildman–Crippen LogP) is 4.87. The second kappa shape index (κ2) is 9.43. The van der Waals surface area contributed by atoms with Crippen LogP contribution in [0.5, 0.6) is 0 Å². The van der Waals surface area contributed by atoms with E-state index in [4.69, 9.17) is 23.2 Å². The molecule has 0 aliphatic rings. The molecule has 0 saturated carbocycles. The van der Waals surface area contributed by atoms with E-state index in [9.17, 15) is 22.8 Å². The van der Waals surface area contributed by atoms with Crippen LogP contribution in [-0.4, -0.2) is 42.2 Å². The monoisotopic (exact) mass is 539 g/mol. The summed E-state index contributed by atoms with van der Waals surface area (Å²) in [5, 5.41) is 8.64. The number of aromatic nitrogens is 5. The fraction of sp³-hybridized carbons (Fsp3) is 0.227. The van der Waals surface area contributed by atoms with E-state index in [1.807, 2.05) is 0 Å². The van der Waals surface area contributed by atoms with E-state index in [1.165, 1.54) is 30.7 Å². The molecule has 14 heteroatoms. The van der Waals surface area contributed by atoms with Crippen LogP contribution in [0, 0.1) is 0 Å². The van der Waals surface area contributed by atoms with Crippen LogP contribution in [0.1, 0.15) is 40.4 Å². The number of halogens is 5. The Balaban J connectivity index is 1.86. The van der Waals surface area contributed by atoms with Gasteiger partial charge in [-0.05, 0) is 32.0 Å². The lowest BCUT2D eigenvalue weighted by molar-refractivity contribution is -0.141. The Labute approximate surface area is 212 Å². The smallest absolute Gasteiger partial charge is 0.350 e. The Morgan fingerprint density at radius 3 is 2.47 bits per heavy atom. The van der Waals surface area contributed by atoms with Crippen molar-refractivity contribution in [3.8, 4) is 5.82 Å². The predicted molar refractivity (Wildman–Crippen MR) is 128 cm³/mol. The van der Waals surface area contributed by atoms with Crippen molar-refractivity contribution in [2.75, 3.05) is 5.32 Å². The van der Waals surface area contributed by atoms with Crippen LogP contribution >= 0.6 is 23.2 Å². The zero-order valence-corrected chi connectivity index (χ0v) is 20.5. The van der Waals surface area contributed by atoms with Crippen LogP contribution < -0.4 is 10.6 Å². The van der Waals surface area contributed by atoms with Gasteiger partial charge in [0.25, 0.3) is 11.8 Å². The van der Waals surface area contributed by atoms with Gasteiger partial charge in [0.05, 0.1) is 38.7 Å². The van der Waals surface area contributed by atoms with E-state index >= 15 is 0 Å². The van der Waals surface area contributed by atoms with E-state index < -0.39 is 29.4 Å². The van der Waals surface area contributed by atoms with Crippen molar-refractivity contribution in [3.05, 3.63) is 63.8 Å². The fourth-order valence-electron chi connectivity index (χ4n) is 3.46. The third kappa shape index (κ3) is 4.73. The Morgan fingerprint density at radius 1 is 1.11 bits per heavy atom. The van der Waals surface area contributed by atoms with Crippen LogP contribution in [0.4, 0.5) is 18.9 Å². The molecule has 1 aromatic carbocycles. The lowest BCUT2D eigenvalue weighted by Gasteiger charge is -2.16. The highest BCUT2D eigenvalue weighted by Crippen LogP contribution is 2.35. The Bertz CT molecular complexity index is 1500. The van der Waals surface area contributed by atoms with Gasteiger partial charge < -0.3 is 15.2 Å². The average molecular weight is 540 g/mol. The molecular formula is C22H18Cl2F3N7O2. The molecule has 0 aliphatic heterocycles. The average Bonchev–Trinajstić information content (AvgIpc) is 3.39. The summed E-state index contributed by atoms with van der Waals surface area (Å²) in [5.74, 6) is -1.78. The molecule has 0 unspecified atom stereocenters. The van der Waals surface area contributed by atoms with E-state index in [2.05, 4.69) is 25.7 Å². The maximum Gasteiger partial charge on any atom is 0.435 e. The Hall–Kier alpha value is -3.64. The van der Waals surface area contributed by atoms with Gasteiger partial charge in [0, 0.05) is 25.4 Å². The first-order valence-corrected chi connectivity index (χ1v) is 11.2. The van der Waals surface area contributed by atoms with Crippen molar-refractivity contribution < 1.29 is 22.8 Å². The van der Waals surface area contributed by atoms with Crippen LogP contribution in [0.25, 0.3) is 16.9 Å². The number of hydrogen-bond donors (Lipinski definition) is 2. The van der Waals surface area contributed by atoms with Crippen molar-refractivity contribution in [2.24, 2.45) is 7.05 Å². The molecule has 4 aromatic rings. The van der Waals surface area contributed by atoms with Crippen molar-refractivity contribution >= 4 is 51.7 Å². The Kier molecular flexibility index (Phi) is 6.67. The number of nitrogens with one attached hydrogen (secondary N) is 2. The molecule has 0 atom stereocenters. The molecule has 0 radical (unpaired) electrons. The van der Waals surface area contributed by atoms with Gasteiger partial charge in [-0.25, -0.2) is 14.6 Å². The maximum atomic E-state index is 13.5. The zero-order chi connectivity index (χ0) is 26.4. The number of aryl methyl sites for hydroxylation is 1. The first kappa shape index (κ1) is 25.5. The van der Waals surface area contributed by atoms with Crippen molar-refractivity contribution in [3.63, 3.8) is 0 Å². The number of nitrogens with zero attached hydrogens (tertiary/aromatic N) is 5. The molecule has 0 bridgehead atoms. The summed E-state index contributed by atoms with van der Waals surface area (Å²) in [7, 11) is 1.66. The zero-order valence-electron chi connectivity index (χ0n) is 19.0. The van der Waals surface area contributed by atoms with E-state index in [0.717, 1.165) is 0 Å². The van der Waals surface area contributed by atoms with Gasteiger partial charge in [0.15, 0.2) is 11.5 Å². The number of alkyl halides is 3. The van der Waals surface area contributed by atoms with Crippen LogP contribution in [0.3, 0.4) is 0 Å². The van der Waals surface area contributed by atoms with Crippen molar-refractivity contribution in [2.45, 2.75) is 26.1 Å². The van der Waals surface area contributed by atoms with Crippen molar-refractivity contribution in [1.29, 1.82) is 0 Å². The molecule has 0 spiro atoms. The number of carbonyl (C=O) groups is 2. The number of anilines is 1. The van der Waals surface area contributed by atoms with E-state index in [1.54, 1.807) is 25.5 Å². The quantitative estimate of drug-likeness (QED) is 0.376. The molecule has 0 fully saturated rings. The summed E-state index contributed by atoms with van der Waals surface area (Å²) in [6, 6.07) is 4.61. The summed E-state index contributed by atoms with van der Waals surface area (Å²) in [5.41, 5.74) is -1.19. The third-order valence-corrected chi connectivity index (χ3v) is 5.68. The molecule has 3 heterocycles. The molecule has 36 heavy (non-hydrogen) atoms. The summed E-state index contributed by atoms with van der Waals surface area (Å²) >= 11 is 12.7. The minimum absolute atomic E-state index is 0.0206. The number of pyridine rings is 1. The molecule has 0 saturated heterocycles. The largest absolute Gasteiger partial charge is 0.435 e. The summed E-state index contributed by atoms with van der Waals surface area (Å²) in [6.45, 7) is 3.48. The van der Waals surface area contributed by atoms with Crippen LogP contribution in [0.15, 0.2) is 36.8 Å². The lowest BCUT2D eigenvalue weighted by atomic mass is 10.1. The summed E-state index contributed by atoms with van der Waals surface area (Å²) < 4.78 is 42.7. The molecule has 188 valence electrons. The molecule has 2 amide bonds. The standard InChI is InChI=1S/C22H18Cl2F3N7O2/c1-10(2)30-20(35)11-7-13-18(33(3)9-29-13)16(24)17(11)31-21(36)14-8-15(22(25,26)27)32-34(14)19-12(23)5-4-6-28-19/h4-10H,1-3H3,(H,30,35)(H,31,36). The number of carbonyl (C=O) groups excluding carboxylic acids is 2. The summed E-state index contributed by atoms with van der Waals surface area (Å²) in [4.78, 5) is 34.4. The van der Waals surface area contributed by atoms with E-state index in [-0.39, 0.29) is 33.2 Å². The molecule has 2 N–H and O–H groups in total.